The first-order chi connectivity index (χ1) is 14.0. The summed E-state index contributed by atoms with van der Waals surface area (Å²) in [6, 6.07) is 8.27. The van der Waals surface area contributed by atoms with Crippen molar-refractivity contribution in [1.29, 1.82) is 0 Å². The predicted molar refractivity (Wildman–Crippen MR) is 101 cm³/mol. The van der Waals surface area contributed by atoms with Gasteiger partial charge in [0.05, 0.1) is 42.4 Å². The molecule has 0 aliphatic carbocycles. The van der Waals surface area contributed by atoms with E-state index in [2.05, 4.69) is 15.0 Å². The lowest BCUT2D eigenvalue weighted by Gasteiger charge is -2.15. The first-order valence-electron chi connectivity index (χ1n) is 9.07. The average Bonchev–Trinajstić information content (AvgIpc) is 3.33. The number of nitrogens with zero attached hydrogens (tertiary/aromatic N) is 3. The molecule has 1 N–H and O–H groups in total. The van der Waals surface area contributed by atoms with Crippen molar-refractivity contribution in [2.45, 2.75) is 18.9 Å². The van der Waals surface area contributed by atoms with Crippen LogP contribution in [0.4, 0.5) is 4.39 Å². The summed E-state index contributed by atoms with van der Waals surface area (Å²) in [5.41, 5.74) is 2.13. The van der Waals surface area contributed by atoms with Crippen LogP contribution in [-0.2, 0) is 16.1 Å². The molecule has 3 heterocycles. The maximum absolute atomic E-state index is 14.4. The van der Waals surface area contributed by atoms with Gasteiger partial charge in [0.1, 0.15) is 24.7 Å². The van der Waals surface area contributed by atoms with Crippen LogP contribution in [0, 0.1) is 0 Å². The number of aromatic amines is 1. The maximum atomic E-state index is 14.4. The van der Waals surface area contributed by atoms with E-state index in [0.717, 1.165) is 0 Å². The smallest absolute Gasteiger partial charge is 0.337 e. The van der Waals surface area contributed by atoms with Crippen LogP contribution in [0.2, 0.25) is 0 Å². The van der Waals surface area contributed by atoms with E-state index in [-0.39, 0.29) is 25.6 Å². The van der Waals surface area contributed by atoms with Gasteiger partial charge >= 0.3 is 5.97 Å². The number of halogens is 1. The second-order valence-corrected chi connectivity index (χ2v) is 6.72. The molecule has 1 fully saturated rings. The highest BCUT2D eigenvalue weighted by atomic mass is 19.1. The number of hydrogen-bond donors (Lipinski definition) is 1. The molecule has 0 radical (unpaired) electrons. The van der Waals surface area contributed by atoms with Gasteiger partial charge in [-0.15, -0.1) is 0 Å². The van der Waals surface area contributed by atoms with Crippen LogP contribution in [0.25, 0.3) is 11.0 Å². The Kier molecular flexibility index (Phi) is 5.22. The van der Waals surface area contributed by atoms with E-state index < -0.39 is 18.2 Å². The molecule has 1 saturated heterocycles. The lowest BCUT2D eigenvalue weighted by molar-refractivity contribution is 0.00887. The van der Waals surface area contributed by atoms with Gasteiger partial charge in [-0.1, -0.05) is 0 Å². The Hall–Kier alpha value is -3.33. The number of benzene rings is 1. The minimum Gasteiger partial charge on any atom is -0.465 e. The molecule has 2 unspecified atom stereocenters. The zero-order valence-electron chi connectivity index (χ0n) is 15.7. The molecule has 1 amide bonds. The van der Waals surface area contributed by atoms with Crippen LogP contribution < -0.4 is 0 Å². The van der Waals surface area contributed by atoms with E-state index in [9.17, 15) is 14.0 Å². The van der Waals surface area contributed by atoms with Crippen LogP contribution in [-0.4, -0.2) is 64.2 Å². The Morgan fingerprint density at radius 1 is 1.28 bits per heavy atom. The second-order valence-electron chi connectivity index (χ2n) is 6.72. The minimum absolute atomic E-state index is 0.0268. The van der Waals surface area contributed by atoms with Gasteiger partial charge < -0.3 is 19.4 Å². The van der Waals surface area contributed by atoms with Crippen LogP contribution in [0.5, 0.6) is 0 Å². The molecule has 0 saturated carbocycles. The summed E-state index contributed by atoms with van der Waals surface area (Å²) in [6.07, 6.45) is 1.01. The monoisotopic (exact) mass is 398 g/mol. The number of imidazole rings is 1. The first-order valence-corrected chi connectivity index (χ1v) is 9.07. The van der Waals surface area contributed by atoms with Crippen LogP contribution in [0.3, 0.4) is 0 Å². The molecule has 0 spiro atoms. The van der Waals surface area contributed by atoms with E-state index >= 15 is 0 Å². The normalized spacial score (nSPS) is 18.9. The molecule has 4 rings (SSSR count). The number of fused-ring (bicyclic) bond motifs is 1. The number of ether oxygens (including phenoxy) is 2. The van der Waals surface area contributed by atoms with E-state index in [0.29, 0.717) is 28.0 Å². The number of nitrogens with one attached hydrogen (secondary N) is 1. The number of alkyl halides is 1. The Balaban J connectivity index is 1.40. The van der Waals surface area contributed by atoms with Crippen molar-refractivity contribution in [3.8, 4) is 0 Å². The lowest BCUT2D eigenvalue weighted by Crippen LogP contribution is -2.30. The lowest BCUT2D eigenvalue weighted by atomic mass is 10.2. The number of carbonyl (C=O) groups is 2. The molecule has 150 valence electrons. The zero-order chi connectivity index (χ0) is 20.4. The minimum atomic E-state index is -1.29. The first kappa shape index (κ1) is 19.0. The van der Waals surface area contributed by atoms with E-state index in [1.54, 1.807) is 36.5 Å². The third kappa shape index (κ3) is 3.95. The number of methoxy groups -OCH3 is 1. The quantitative estimate of drug-likeness (QED) is 0.662. The Morgan fingerprint density at radius 3 is 2.90 bits per heavy atom. The largest absolute Gasteiger partial charge is 0.465 e. The van der Waals surface area contributed by atoms with Crippen molar-refractivity contribution in [1.82, 2.24) is 19.9 Å². The summed E-state index contributed by atoms with van der Waals surface area (Å²) in [7, 11) is 1.32. The van der Waals surface area contributed by atoms with Crippen molar-refractivity contribution in [3.63, 3.8) is 0 Å². The summed E-state index contributed by atoms with van der Waals surface area (Å²) in [4.78, 5) is 36.9. The summed E-state index contributed by atoms with van der Waals surface area (Å²) >= 11 is 0. The summed E-state index contributed by atoms with van der Waals surface area (Å²) in [5, 5.41) is 0. The summed E-state index contributed by atoms with van der Waals surface area (Å²) in [5.74, 6) is -0.207. The van der Waals surface area contributed by atoms with Crippen molar-refractivity contribution in [2.24, 2.45) is 0 Å². The highest BCUT2D eigenvalue weighted by Gasteiger charge is 2.36. The SMILES string of the molecule is COC(=O)c1ccc2nc(COC3CN(C(=O)c4cccnc4)CC3F)[nH]c2c1. The molecule has 1 aliphatic rings. The molecular formula is C20H19FN4O4. The molecule has 2 aromatic heterocycles. The Bertz CT molecular complexity index is 1040. The standard InChI is InChI=1S/C20H19FN4O4/c1-28-20(27)12-4-5-15-16(7-12)24-18(23-15)11-29-17-10-25(9-14(17)21)19(26)13-3-2-6-22-8-13/h2-8,14,17H,9-11H2,1H3,(H,23,24). The number of amides is 1. The highest BCUT2D eigenvalue weighted by molar-refractivity contribution is 5.94. The number of likely N-dealkylation sites (tertiary alicyclic amines) is 1. The van der Waals surface area contributed by atoms with Gasteiger partial charge in [0.25, 0.3) is 5.91 Å². The van der Waals surface area contributed by atoms with E-state index in [1.165, 1.54) is 18.2 Å². The summed E-state index contributed by atoms with van der Waals surface area (Å²) < 4.78 is 24.8. The van der Waals surface area contributed by atoms with Gasteiger partial charge in [0, 0.05) is 12.4 Å². The molecule has 8 nitrogen and oxygen atoms in total. The van der Waals surface area contributed by atoms with Gasteiger partial charge in [-0.05, 0) is 30.3 Å². The number of carbonyl (C=O) groups excluding carboxylic acids is 2. The fourth-order valence-corrected chi connectivity index (χ4v) is 3.29. The number of aromatic nitrogens is 3. The number of pyridine rings is 1. The van der Waals surface area contributed by atoms with Crippen molar-refractivity contribution >= 4 is 22.9 Å². The molecule has 2 atom stereocenters. The Labute approximate surface area is 165 Å². The topological polar surface area (TPSA) is 97.4 Å². The molecule has 0 bridgehead atoms. The number of hydrogen-bond acceptors (Lipinski definition) is 6. The third-order valence-corrected chi connectivity index (χ3v) is 4.78. The average molecular weight is 398 g/mol. The van der Waals surface area contributed by atoms with Gasteiger partial charge in [-0.3, -0.25) is 9.78 Å². The van der Waals surface area contributed by atoms with Crippen LogP contribution in [0.1, 0.15) is 26.5 Å². The van der Waals surface area contributed by atoms with E-state index in [1.807, 2.05) is 0 Å². The van der Waals surface area contributed by atoms with Gasteiger partial charge in [0.2, 0.25) is 0 Å². The molecule has 9 heteroatoms. The highest BCUT2D eigenvalue weighted by Crippen LogP contribution is 2.21. The Morgan fingerprint density at radius 2 is 2.14 bits per heavy atom. The van der Waals surface area contributed by atoms with Crippen molar-refractivity contribution in [2.75, 3.05) is 20.2 Å². The molecule has 1 aromatic carbocycles. The predicted octanol–water partition coefficient (Wildman–Crippen LogP) is 2.12. The fourth-order valence-electron chi connectivity index (χ4n) is 3.29. The summed E-state index contributed by atoms with van der Waals surface area (Å²) in [6.45, 7) is 0.185. The van der Waals surface area contributed by atoms with Crippen LogP contribution >= 0.6 is 0 Å². The number of esters is 1. The molecule has 3 aromatic rings. The zero-order valence-corrected chi connectivity index (χ0v) is 15.7. The molecular weight excluding hydrogens is 379 g/mol. The van der Waals surface area contributed by atoms with Crippen molar-refractivity contribution < 1.29 is 23.5 Å². The van der Waals surface area contributed by atoms with E-state index in [4.69, 9.17) is 9.47 Å². The van der Waals surface area contributed by atoms with Gasteiger partial charge in [0.15, 0.2) is 0 Å². The maximum Gasteiger partial charge on any atom is 0.337 e. The molecule has 1 aliphatic heterocycles. The fraction of sp³-hybridized carbons (Fsp3) is 0.300. The number of H-pyrrole nitrogens is 1. The van der Waals surface area contributed by atoms with Crippen LogP contribution in [0.15, 0.2) is 42.7 Å². The van der Waals surface area contributed by atoms with Crippen molar-refractivity contribution in [3.05, 3.63) is 59.7 Å². The molecule has 29 heavy (non-hydrogen) atoms. The van der Waals surface area contributed by atoms with Gasteiger partial charge in [-0.2, -0.15) is 0 Å². The second kappa shape index (κ2) is 7.96. The van der Waals surface area contributed by atoms with Gasteiger partial charge in [-0.25, -0.2) is 14.2 Å². The number of rotatable bonds is 5. The third-order valence-electron chi connectivity index (χ3n) is 4.78.